The Bertz CT molecular complexity index is 731. The highest BCUT2D eigenvalue weighted by Crippen LogP contribution is 2.46. The van der Waals surface area contributed by atoms with Crippen molar-refractivity contribution in [1.29, 1.82) is 0 Å². The van der Waals surface area contributed by atoms with Crippen LogP contribution in [0.15, 0.2) is 30.3 Å². The molecule has 0 amide bonds. The number of benzene rings is 1. The molecule has 0 spiro atoms. The normalized spacial score (nSPS) is 23.3. The molecule has 24 heavy (non-hydrogen) atoms. The number of halogens is 1. The summed E-state index contributed by atoms with van der Waals surface area (Å²) in [4.78, 5) is 0. The number of fused-ring (bicyclic) bond motifs is 1. The van der Waals surface area contributed by atoms with E-state index < -0.39 is 0 Å². The molecule has 1 aliphatic rings. The smallest absolute Gasteiger partial charge is 0.132 e. The van der Waals surface area contributed by atoms with E-state index in [0.717, 1.165) is 18.5 Å². The van der Waals surface area contributed by atoms with E-state index in [1.165, 1.54) is 11.6 Å². The van der Waals surface area contributed by atoms with Crippen LogP contribution < -0.4 is 0 Å². The molecular weight excluding hydrogens is 303 g/mol. The molecule has 2 aromatic rings. The summed E-state index contributed by atoms with van der Waals surface area (Å²) in [6, 6.07) is 8.76. The van der Waals surface area contributed by atoms with E-state index in [4.69, 9.17) is 4.74 Å². The monoisotopic (exact) mass is 328 g/mol. The van der Waals surface area contributed by atoms with Gasteiger partial charge in [0.1, 0.15) is 5.82 Å². The van der Waals surface area contributed by atoms with E-state index in [0.29, 0.717) is 29.7 Å². The zero-order valence-electron chi connectivity index (χ0n) is 14.8. The third-order valence-corrected chi connectivity index (χ3v) is 5.51. The van der Waals surface area contributed by atoms with Crippen LogP contribution in [0.4, 0.5) is 4.39 Å². The molecule has 0 radical (unpaired) electrons. The second kappa shape index (κ2) is 6.60. The summed E-state index contributed by atoms with van der Waals surface area (Å²) in [5, 5.41) is 8.96. The predicted molar refractivity (Wildman–Crippen MR) is 93.5 cm³/mol. The summed E-state index contributed by atoms with van der Waals surface area (Å²) >= 11 is 0. The minimum absolute atomic E-state index is 0.114. The average Bonchev–Trinajstić information content (AvgIpc) is 2.58. The van der Waals surface area contributed by atoms with Gasteiger partial charge in [-0.05, 0) is 48.4 Å². The number of aromatic nitrogens is 2. The van der Waals surface area contributed by atoms with Crippen LogP contribution in [0.3, 0.4) is 0 Å². The fourth-order valence-corrected chi connectivity index (χ4v) is 3.84. The van der Waals surface area contributed by atoms with Crippen molar-refractivity contribution in [3.63, 3.8) is 0 Å². The van der Waals surface area contributed by atoms with Crippen molar-refractivity contribution in [3.05, 3.63) is 47.4 Å². The minimum Gasteiger partial charge on any atom is -0.384 e. The Kier molecular flexibility index (Phi) is 4.68. The average molecular weight is 328 g/mol. The maximum atomic E-state index is 14.1. The maximum absolute atomic E-state index is 14.1. The molecule has 2 atom stereocenters. The van der Waals surface area contributed by atoms with Gasteiger partial charge in [-0.2, -0.15) is 10.2 Å². The van der Waals surface area contributed by atoms with Gasteiger partial charge in [-0.1, -0.05) is 32.9 Å². The first kappa shape index (κ1) is 17.0. The highest BCUT2D eigenvalue weighted by molar-refractivity contribution is 5.61. The second-order valence-electron chi connectivity index (χ2n) is 7.20. The van der Waals surface area contributed by atoms with Crippen LogP contribution in [-0.4, -0.2) is 23.9 Å². The molecule has 0 bridgehead atoms. The summed E-state index contributed by atoms with van der Waals surface area (Å²) in [7, 11) is 1.74. The fraction of sp³-hybridized carbons (Fsp3) is 0.500. The van der Waals surface area contributed by atoms with E-state index in [9.17, 15) is 4.39 Å². The Morgan fingerprint density at radius 3 is 2.71 bits per heavy atom. The van der Waals surface area contributed by atoms with Crippen molar-refractivity contribution in [1.82, 2.24) is 10.2 Å². The molecule has 1 aromatic carbocycles. The van der Waals surface area contributed by atoms with Crippen LogP contribution in [0, 0.1) is 11.7 Å². The molecular formula is C20H25FN2O. The lowest BCUT2D eigenvalue weighted by molar-refractivity contribution is 0.0816. The van der Waals surface area contributed by atoms with Crippen LogP contribution in [0.1, 0.15) is 50.8 Å². The number of hydrogen-bond donors (Lipinski definition) is 0. The lowest BCUT2D eigenvalue weighted by Gasteiger charge is -2.42. The van der Waals surface area contributed by atoms with Crippen molar-refractivity contribution < 1.29 is 9.13 Å². The standard InChI is InChI=1S/C20H25FN2O/c1-13(2)20(12-24-4)10-9-14(3)16-11-18(22-23-19(16)20)15-7-5-6-8-17(15)21/h5-8,11,13-14H,9-10,12H2,1-4H3. The summed E-state index contributed by atoms with van der Waals surface area (Å²) in [5.41, 5.74) is 3.21. The van der Waals surface area contributed by atoms with Gasteiger partial charge in [-0.3, -0.25) is 0 Å². The molecule has 0 saturated carbocycles. The van der Waals surface area contributed by atoms with Crippen LogP contribution in [0.2, 0.25) is 0 Å². The zero-order chi connectivity index (χ0) is 17.3. The van der Waals surface area contributed by atoms with Gasteiger partial charge in [0.2, 0.25) is 0 Å². The highest BCUT2D eigenvalue weighted by Gasteiger charge is 2.43. The SMILES string of the molecule is COCC1(C(C)C)CCC(C)c2cc(-c3ccccc3F)nnc21. The Balaban J connectivity index is 2.14. The first-order valence-electron chi connectivity index (χ1n) is 8.61. The van der Waals surface area contributed by atoms with Gasteiger partial charge >= 0.3 is 0 Å². The quantitative estimate of drug-likeness (QED) is 0.814. The lowest BCUT2D eigenvalue weighted by Crippen LogP contribution is -2.42. The molecule has 3 rings (SSSR count). The second-order valence-corrected chi connectivity index (χ2v) is 7.20. The summed E-state index contributed by atoms with van der Waals surface area (Å²) in [6.45, 7) is 7.28. The largest absolute Gasteiger partial charge is 0.384 e. The molecule has 0 saturated heterocycles. The third-order valence-electron chi connectivity index (χ3n) is 5.51. The van der Waals surface area contributed by atoms with Crippen molar-refractivity contribution >= 4 is 0 Å². The first-order chi connectivity index (χ1) is 11.5. The van der Waals surface area contributed by atoms with Gasteiger partial charge in [-0.15, -0.1) is 0 Å². The van der Waals surface area contributed by atoms with Crippen molar-refractivity contribution in [2.45, 2.75) is 44.9 Å². The number of methoxy groups -OCH3 is 1. The molecule has 1 aliphatic carbocycles. The van der Waals surface area contributed by atoms with Crippen LogP contribution in [0.5, 0.6) is 0 Å². The number of nitrogens with zero attached hydrogens (tertiary/aromatic N) is 2. The summed E-state index contributed by atoms with van der Waals surface area (Å²) < 4.78 is 19.7. The lowest BCUT2D eigenvalue weighted by atomic mass is 9.64. The van der Waals surface area contributed by atoms with Crippen molar-refractivity contribution in [3.8, 4) is 11.3 Å². The van der Waals surface area contributed by atoms with Gasteiger partial charge in [0.05, 0.1) is 18.0 Å². The van der Waals surface area contributed by atoms with Crippen LogP contribution in [-0.2, 0) is 10.2 Å². The maximum Gasteiger partial charge on any atom is 0.132 e. The zero-order valence-corrected chi connectivity index (χ0v) is 14.8. The Labute approximate surface area is 143 Å². The van der Waals surface area contributed by atoms with Gasteiger partial charge in [0.25, 0.3) is 0 Å². The van der Waals surface area contributed by atoms with Gasteiger partial charge < -0.3 is 4.74 Å². The van der Waals surface area contributed by atoms with Crippen molar-refractivity contribution in [2.75, 3.05) is 13.7 Å². The predicted octanol–water partition coefficient (Wildman–Crippen LogP) is 4.72. The van der Waals surface area contributed by atoms with E-state index >= 15 is 0 Å². The molecule has 3 nitrogen and oxygen atoms in total. The molecule has 0 fully saturated rings. The van der Waals surface area contributed by atoms with Crippen LogP contribution >= 0.6 is 0 Å². The molecule has 0 N–H and O–H groups in total. The summed E-state index contributed by atoms with van der Waals surface area (Å²) in [5.74, 6) is 0.532. The minimum atomic E-state index is -0.262. The number of rotatable bonds is 4. The molecule has 1 heterocycles. The topological polar surface area (TPSA) is 35.0 Å². The van der Waals surface area contributed by atoms with Gasteiger partial charge in [0.15, 0.2) is 0 Å². The first-order valence-corrected chi connectivity index (χ1v) is 8.61. The molecule has 0 aliphatic heterocycles. The highest BCUT2D eigenvalue weighted by atomic mass is 19.1. The molecule has 128 valence electrons. The molecule has 4 heteroatoms. The Morgan fingerprint density at radius 2 is 2.04 bits per heavy atom. The van der Waals surface area contributed by atoms with E-state index in [1.54, 1.807) is 19.2 Å². The van der Waals surface area contributed by atoms with Crippen molar-refractivity contribution in [2.24, 2.45) is 5.92 Å². The summed E-state index contributed by atoms with van der Waals surface area (Å²) in [6.07, 6.45) is 2.12. The Morgan fingerprint density at radius 1 is 1.29 bits per heavy atom. The van der Waals surface area contributed by atoms with E-state index in [2.05, 4.69) is 31.0 Å². The van der Waals surface area contributed by atoms with Crippen LogP contribution in [0.25, 0.3) is 11.3 Å². The van der Waals surface area contributed by atoms with Gasteiger partial charge in [-0.25, -0.2) is 4.39 Å². The number of hydrogen-bond acceptors (Lipinski definition) is 3. The van der Waals surface area contributed by atoms with E-state index in [1.807, 2.05) is 12.1 Å². The number of ether oxygens (including phenoxy) is 1. The van der Waals surface area contributed by atoms with Gasteiger partial charge in [0, 0.05) is 18.1 Å². The molecule has 2 unspecified atom stereocenters. The Hall–Kier alpha value is -1.81. The fourth-order valence-electron chi connectivity index (χ4n) is 3.84. The third kappa shape index (κ3) is 2.73. The van der Waals surface area contributed by atoms with E-state index in [-0.39, 0.29) is 11.2 Å². The molecule has 1 aromatic heterocycles.